The minimum atomic E-state index is -4.33. The summed E-state index contributed by atoms with van der Waals surface area (Å²) in [7, 11) is -4.33. The average Bonchev–Trinajstić information content (AvgIpc) is 2.29. The molecule has 19 heavy (non-hydrogen) atoms. The van der Waals surface area contributed by atoms with Crippen molar-refractivity contribution in [2.45, 2.75) is 43.0 Å². The Bertz CT molecular complexity index is 495. The molecule has 0 aromatic heterocycles. The van der Waals surface area contributed by atoms with Crippen molar-refractivity contribution < 1.29 is 47.6 Å². The minimum Gasteiger partial charge on any atom is -0.388 e. The molecular weight excluding hydrogens is 275 g/mol. The van der Waals surface area contributed by atoms with E-state index in [1.807, 2.05) is 0 Å². The van der Waals surface area contributed by atoms with E-state index in [1.165, 1.54) is 0 Å². The smallest absolute Gasteiger partial charge is 0.388 e. The van der Waals surface area contributed by atoms with Crippen LogP contribution in [0.5, 0.6) is 0 Å². The molecule has 6 heteroatoms. The third kappa shape index (κ3) is 4.03. The van der Waals surface area contributed by atoms with Crippen LogP contribution >= 0.6 is 0 Å². The van der Waals surface area contributed by atoms with Gasteiger partial charge in [-0.2, -0.15) is 8.42 Å². The van der Waals surface area contributed by atoms with Gasteiger partial charge >= 0.3 is 29.6 Å². The summed E-state index contributed by atoms with van der Waals surface area (Å²) in [5.41, 5.74) is -0.905. The molecule has 0 saturated heterocycles. The van der Waals surface area contributed by atoms with Gasteiger partial charge in [-0.15, -0.1) is 0 Å². The Morgan fingerprint density at radius 1 is 1.05 bits per heavy atom. The van der Waals surface area contributed by atoms with Gasteiger partial charge in [-0.05, 0) is 18.4 Å². The SMILES string of the molecule is O=S(=O)(O)C(c1ccccc1)C1(O)CCCCC1.[Na+]. The van der Waals surface area contributed by atoms with E-state index in [2.05, 4.69) is 0 Å². The molecule has 1 unspecified atom stereocenters. The Hall–Kier alpha value is 0.0900. The van der Waals surface area contributed by atoms with Crippen molar-refractivity contribution in [2.75, 3.05) is 0 Å². The van der Waals surface area contributed by atoms with Gasteiger partial charge < -0.3 is 5.11 Å². The molecule has 0 bridgehead atoms. The van der Waals surface area contributed by atoms with Gasteiger partial charge in [0.1, 0.15) is 5.25 Å². The maximum Gasteiger partial charge on any atom is 1.00 e. The Balaban J connectivity index is 0.00000180. The van der Waals surface area contributed by atoms with Crippen LogP contribution in [0.3, 0.4) is 0 Å². The Labute approximate surface area is 136 Å². The topological polar surface area (TPSA) is 74.6 Å². The van der Waals surface area contributed by atoms with E-state index in [-0.39, 0.29) is 29.6 Å². The van der Waals surface area contributed by atoms with Crippen molar-refractivity contribution in [3.8, 4) is 0 Å². The average molecular weight is 293 g/mol. The second kappa shape index (κ2) is 6.70. The monoisotopic (exact) mass is 293 g/mol. The molecule has 1 aromatic rings. The molecule has 2 rings (SSSR count). The van der Waals surface area contributed by atoms with Crippen molar-refractivity contribution in [1.82, 2.24) is 0 Å². The van der Waals surface area contributed by atoms with Crippen LogP contribution < -0.4 is 29.6 Å². The summed E-state index contributed by atoms with van der Waals surface area (Å²) < 4.78 is 32.7. The van der Waals surface area contributed by atoms with Crippen LogP contribution in [0.4, 0.5) is 0 Å². The van der Waals surface area contributed by atoms with Crippen molar-refractivity contribution >= 4 is 10.1 Å². The van der Waals surface area contributed by atoms with Crippen LogP contribution in [0.2, 0.25) is 0 Å². The predicted molar refractivity (Wildman–Crippen MR) is 68.8 cm³/mol. The zero-order chi connectivity index (χ0) is 13.2. The molecular formula is C13H18NaO4S+. The van der Waals surface area contributed by atoms with Crippen LogP contribution in [0.15, 0.2) is 30.3 Å². The molecule has 4 nitrogen and oxygen atoms in total. The number of rotatable bonds is 3. The van der Waals surface area contributed by atoms with E-state index in [9.17, 15) is 18.1 Å². The largest absolute Gasteiger partial charge is 1.00 e. The molecule has 1 saturated carbocycles. The first-order chi connectivity index (χ1) is 8.43. The van der Waals surface area contributed by atoms with Crippen LogP contribution in [0, 0.1) is 0 Å². The molecule has 1 fully saturated rings. The third-order valence-corrected chi connectivity index (χ3v) is 4.91. The molecule has 1 aliphatic carbocycles. The van der Waals surface area contributed by atoms with Crippen LogP contribution in [0.1, 0.15) is 42.9 Å². The number of hydrogen-bond donors (Lipinski definition) is 2. The summed E-state index contributed by atoms with van der Waals surface area (Å²) >= 11 is 0. The number of hydrogen-bond acceptors (Lipinski definition) is 3. The molecule has 1 aromatic carbocycles. The van der Waals surface area contributed by atoms with E-state index in [1.54, 1.807) is 30.3 Å². The van der Waals surface area contributed by atoms with E-state index < -0.39 is 21.0 Å². The van der Waals surface area contributed by atoms with Gasteiger partial charge in [0, 0.05) is 0 Å². The molecule has 0 radical (unpaired) electrons. The van der Waals surface area contributed by atoms with E-state index in [0.717, 1.165) is 19.3 Å². The van der Waals surface area contributed by atoms with E-state index in [4.69, 9.17) is 0 Å². The number of aliphatic hydroxyl groups is 1. The van der Waals surface area contributed by atoms with Gasteiger partial charge in [0.05, 0.1) is 5.60 Å². The summed E-state index contributed by atoms with van der Waals surface area (Å²) in [6.45, 7) is 0. The summed E-state index contributed by atoms with van der Waals surface area (Å²) in [5.74, 6) is 0. The van der Waals surface area contributed by atoms with E-state index in [0.29, 0.717) is 18.4 Å². The summed E-state index contributed by atoms with van der Waals surface area (Å²) in [6, 6.07) is 8.45. The van der Waals surface area contributed by atoms with Crippen LogP contribution in [0.25, 0.3) is 0 Å². The van der Waals surface area contributed by atoms with Gasteiger partial charge in [-0.3, -0.25) is 4.55 Å². The molecule has 100 valence electrons. The van der Waals surface area contributed by atoms with Crippen molar-refractivity contribution in [2.24, 2.45) is 0 Å². The Kier molecular flexibility index (Phi) is 6.04. The van der Waals surface area contributed by atoms with Crippen molar-refractivity contribution in [3.63, 3.8) is 0 Å². The first-order valence-corrected chi connectivity index (χ1v) is 7.67. The van der Waals surface area contributed by atoms with Crippen molar-refractivity contribution in [3.05, 3.63) is 35.9 Å². The summed E-state index contributed by atoms with van der Waals surface area (Å²) in [4.78, 5) is 0. The fraction of sp³-hybridized carbons (Fsp3) is 0.538. The third-order valence-electron chi connectivity index (χ3n) is 3.61. The molecule has 0 amide bonds. The second-order valence-corrected chi connectivity index (χ2v) is 6.47. The minimum absolute atomic E-state index is 0. The van der Waals surface area contributed by atoms with Crippen LogP contribution in [-0.4, -0.2) is 23.7 Å². The maximum absolute atomic E-state index is 11.6. The van der Waals surface area contributed by atoms with Crippen molar-refractivity contribution in [1.29, 1.82) is 0 Å². The normalized spacial score (nSPS) is 20.3. The predicted octanol–water partition coefficient (Wildman–Crippen LogP) is -0.685. The van der Waals surface area contributed by atoms with Gasteiger partial charge in [-0.25, -0.2) is 0 Å². The number of benzene rings is 1. The molecule has 1 aliphatic rings. The first-order valence-electron chi connectivity index (χ1n) is 6.17. The molecule has 0 spiro atoms. The van der Waals surface area contributed by atoms with Gasteiger partial charge in [0.2, 0.25) is 0 Å². The fourth-order valence-electron chi connectivity index (χ4n) is 2.81. The Morgan fingerprint density at radius 3 is 2.05 bits per heavy atom. The summed E-state index contributed by atoms with van der Waals surface area (Å²) in [6.07, 6.45) is 3.39. The zero-order valence-corrected chi connectivity index (χ0v) is 13.9. The van der Waals surface area contributed by atoms with Gasteiger partial charge in [0.15, 0.2) is 0 Å². The zero-order valence-electron chi connectivity index (χ0n) is 11.1. The fourth-order valence-corrected chi connectivity index (χ4v) is 4.10. The maximum atomic E-state index is 11.6. The molecule has 0 aliphatic heterocycles. The standard InChI is InChI=1S/C13H18O4S.Na/c14-13(9-5-2-6-10-13)12(18(15,16)17)11-7-3-1-4-8-11;/h1,3-4,7-8,12,14H,2,5-6,9-10H2,(H,15,16,17);/q;+1. The van der Waals surface area contributed by atoms with E-state index >= 15 is 0 Å². The summed E-state index contributed by atoms with van der Waals surface area (Å²) in [5, 5.41) is 9.34. The first kappa shape index (κ1) is 17.1. The molecule has 0 heterocycles. The molecule has 1 atom stereocenters. The molecule has 2 N–H and O–H groups in total. The second-order valence-electron chi connectivity index (χ2n) is 4.97. The quantitative estimate of drug-likeness (QED) is 0.572. The van der Waals surface area contributed by atoms with Gasteiger partial charge in [-0.1, -0.05) is 49.6 Å². The van der Waals surface area contributed by atoms with Gasteiger partial charge in [0.25, 0.3) is 10.1 Å². The van der Waals surface area contributed by atoms with Crippen LogP contribution in [-0.2, 0) is 10.1 Å². The Morgan fingerprint density at radius 2 is 1.58 bits per heavy atom.